The van der Waals surface area contributed by atoms with Crippen LogP contribution in [-0.2, 0) is 0 Å². The molecule has 1 aromatic carbocycles. The lowest BCUT2D eigenvalue weighted by Gasteiger charge is -2.29. The molecule has 1 aromatic rings. The summed E-state index contributed by atoms with van der Waals surface area (Å²) in [6.07, 6.45) is 5.97. The summed E-state index contributed by atoms with van der Waals surface area (Å²) in [6, 6.07) is 3.29. The first-order valence-electron chi connectivity index (χ1n) is 8.58. The molecule has 142 valence electrons. The Morgan fingerprint density at radius 3 is 2.60 bits per heavy atom. The van der Waals surface area contributed by atoms with E-state index in [4.69, 9.17) is 26.8 Å². The number of carbonyl (C=O) groups is 1. The van der Waals surface area contributed by atoms with Crippen molar-refractivity contribution in [3.05, 3.63) is 22.7 Å². The molecule has 1 amide bonds. The Balaban J connectivity index is 0.00000312. The second-order valence-corrected chi connectivity index (χ2v) is 6.74. The zero-order valence-corrected chi connectivity index (χ0v) is 16.5. The third-order valence-electron chi connectivity index (χ3n) is 4.57. The Hall–Kier alpha value is -1.17. The molecule has 0 radical (unpaired) electrons. The van der Waals surface area contributed by atoms with Crippen LogP contribution >= 0.6 is 24.0 Å². The summed E-state index contributed by atoms with van der Waals surface area (Å²) in [5.74, 6) is 0.776. The summed E-state index contributed by atoms with van der Waals surface area (Å²) >= 11 is 6.31. The van der Waals surface area contributed by atoms with E-state index in [-0.39, 0.29) is 23.9 Å². The van der Waals surface area contributed by atoms with E-state index in [1.54, 1.807) is 19.2 Å². The topological polar surface area (TPSA) is 73.6 Å². The Morgan fingerprint density at radius 2 is 2.04 bits per heavy atom. The van der Waals surface area contributed by atoms with Gasteiger partial charge in [-0.2, -0.15) is 0 Å². The highest BCUT2D eigenvalue weighted by Gasteiger charge is 2.34. The van der Waals surface area contributed by atoms with Crippen LogP contribution in [0.25, 0.3) is 0 Å². The molecule has 0 spiro atoms. The maximum Gasteiger partial charge on any atom is 0.251 e. The van der Waals surface area contributed by atoms with Crippen molar-refractivity contribution in [2.45, 2.75) is 51.0 Å². The van der Waals surface area contributed by atoms with Gasteiger partial charge in [0.2, 0.25) is 0 Å². The van der Waals surface area contributed by atoms with Crippen molar-refractivity contribution >= 4 is 29.9 Å². The van der Waals surface area contributed by atoms with Crippen molar-refractivity contribution in [3.63, 3.8) is 0 Å². The lowest BCUT2D eigenvalue weighted by Crippen LogP contribution is -2.51. The lowest BCUT2D eigenvalue weighted by atomic mass is 9.97. The predicted octanol–water partition coefficient (Wildman–Crippen LogP) is 3.95. The van der Waals surface area contributed by atoms with Crippen LogP contribution in [0.3, 0.4) is 0 Å². The number of benzene rings is 1. The van der Waals surface area contributed by atoms with Crippen molar-refractivity contribution in [2.75, 3.05) is 20.3 Å². The van der Waals surface area contributed by atoms with E-state index >= 15 is 0 Å². The number of carbonyl (C=O) groups excluding carboxylic acids is 1. The number of rotatable bonds is 8. The molecule has 1 saturated carbocycles. The summed E-state index contributed by atoms with van der Waals surface area (Å²) < 4.78 is 11.1. The lowest BCUT2D eigenvalue weighted by molar-refractivity contribution is 0.0902. The fourth-order valence-corrected chi connectivity index (χ4v) is 3.32. The van der Waals surface area contributed by atoms with Crippen LogP contribution in [0.5, 0.6) is 11.5 Å². The molecule has 0 unspecified atom stereocenters. The van der Waals surface area contributed by atoms with Gasteiger partial charge in [-0.3, -0.25) is 4.79 Å². The van der Waals surface area contributed by atoms with Crippen molar-refractivity contribution in [2.24, 2.45) is 5.73 Å². The summed E-state index contributed by atoms with van der Waals surface area (Å²) in [5, 5.41) is 3.47. The molecule has 1 aliphatic carbocycles. The van der Waals surface area contributed by atoms with Crippen molar-refractivity contribution in [1.82, 2.24) is 5.32 Å². The molecule has 0 aliphatic heterocycles. The number of nitrogens with one attached hydrogen (secondary N) is 1. The Morgan fingerprint density at radius 1 is 1.36 bits per heavy atom. The second kappa shape index (κ2) is 10.1. The maximum atomic E-state index is 12.6. The van der Waals surface area contributed by atoms with Gasteiger partial charge in [0.15, 0.2) is 11.5 Å². The highest BCUT2D eigenvalue weighted by atomic mass is 35.5. The minimum atomic E-state index is -0.299. The summed E-state index contributed by atoms with van der Waals surface area (Å²) in [4.78, 5) is 12.6. The van der Waals surface area contributed by atoms with E-state index in [2.05, 4.69) is 12.2 Å². The van der Waals surface area contributed by atoms with Crippen LogP contribution in [0.1, 0.15) is 55.8 Å². The molecule has 0 bridgehead atoms. The molecule has 1 aliphatic rings. The van der Waals surface area contributed by atoms with Crippen LogP contribution in [0.2, 0.25) is 5.02 Å². The second-order valence-electron chi connectivity index (χ2n) is 6.34. The quantitative estimate of drug-likeness (QED) is 0.658. The minimum Gasteiger partial charge on any atom is -0.493 e. The first kappa shape index (κ1) is 21.9. The molecular formula is C18H28Cl2N2O3. The number of unbranched alkanes of at least 4 members (excludes halogenated alkanes) is 1. The predicted molar refractivity (Wildman–Crippen MR) is 103 cm³/mol. The normalized spacial score (nSPS) is 15.4. The van der Waals surface area contributed by atoms with E-state index in [1.165, 1.54) is 0 Å². The van der Waals surface area contributed by atoms with Crippen LogP contribution in [0.15, 0.2) is 12.1 Å². The zero-order valence-electron chi connectivity index (χ0n) is 14.9. The van der Waals surface area contributed by atoms with E-state index < -0.39 is 0 Å². The van der Waals surface area contributed by atoms with E-state index in [0.717, 1.165) is 38.5 Å². The van der Waals surface area contributed by atoms with Gasteiger partial charge in [-0.25, -0.2) is 0 Å². The molecule has 0 atom stereocenters. The fraction of sp³-hybridized carbons (Fsp3) is 0.611. The molecule has 1 fully saturated rings. The first-order valence-corrected chi connectivity index (χ1v) is 8.96. The summed E-state index contributed by atoms with van der Waals surface area (Å²) in [6.45, 7) is 3.10. The Labute approximate surface area is 161 Å². The molecule has 25 heavy (non-hydrogen) atoms. The number of hydrogen-bond donors (Lipinski definition) is 2. The van der Waals surface area contributed by atoms with Gasteiger partial charge in [-0.15, -0.1) is 12.4 Å². The fourth-order valence-electron chi connectivity index (χ4n) is 3.05. The average molecular weight is 391 g/mol. The third kappa shape index (κ3) is 5.40. The third-order valence-corrected chi connectivity index (χ3v) is 4.85. The highest BCUT2D eigenvalue weighted by molar-refractivity contribution is 6.32. The Kier molecular flexibility index (Phi) is 8.83. The van der Waals surface area contributed by atoms with Gasteiger partial charge < -0.3 is 20.5 Å². The average Bonchev–Trinajstić information content (AvgIpc) is 3.05. The smallest absolute Gasteiger partial charge is 0.251 e. The summed E-state index contributed by atoms with van der Waals surface area (Å²) in [5.41, 5.74) is 6.05. The first-order chi connectivity index (χ1) is 11.5. The number of methoxy groups -OCH3 is 1. The standard InChI is InChI=1S/C18H27ClN2O3.ClH/c1-3-4-9-24-16-14(19)10-13(11-15(16)23-2)17(22)21-18(12-20)7-5-6-8-18;/h10-11H,3-9,12,20H2,1-2H3,(H,21,22);1H. The van der Waals surface area contributed by atoms with E-state index in [1.807, 2.05) is 0 Å². The van der Waals surface area contributed by atoms with Gasteiger partial charge in [-0.1, -0.05) is 37.8 Å². The molecule has 2 rings (SSSR count). The van der Waals surface area contributed by atoms with Gasteiger partial charge in [0.25, 0.3) is 5.91 Å². The molecule has 0 heterocycles. The van der Waals surface area contributed by atoms with Crippen LogP contribution in [-0.4, -0.2) is 31.7 Å². The van der Waals surface area contributed by atoms with E-state index in [9.17, 15) is 4.79 Å². The van der Waals surface area contributed by atoms with Crippen LogP contribution in [0, 0.1) is 0 Å². The zero-order chi connectivity index (χ0) is 17.6. The van der Waals surface area contributed by atoms with Gasteiger partial charge >= 0.3 is 0 Å². The number of amides is 1. The van der Waals surface area contributed by atoms with Crippen LogP contribution < -0.4 is 20.5 Å². The highest BCUT2D eigenvalue weighted by Crippen LogP contribution is 2.37. The monoisotopic (exact) mass is 390 g/mol. The molecule has 5 nitrogen and oxygen atoms in total. The van der Waals surface area contributed by atoms with Crippen LogP contribution in [0.4, 0.5) is 0 Å². The van der Waals surface area contributed by atoms with E-state index in [0.29, 0.717) is 35.2 Å². The largest absolute Gasteiger partial charge is 0.493 e. The number of halogens is 2. The molecule has 7 heteroatoms. The van der Waals surface area contributed by atoms with Gasteiger partial charge in [-0.05, 0) is 31.4 Å². The maximum absolute atomic E-state index is 12.6. The number of ether oxygens (including phenoxy) is 2. The van der Waals surface area contributed by atoms with Gasteiger partial charge in [0, 0.05) is 12.1 Å². The summed E-state index contributed by atoms with van der Waals surface area (Å²) in [7, 11) is 1.54. The molecule has 0 aromatic heterocycles. The van der Waals surface area contributed by atoms with Crippen molar-refractivity contribution in [3.8, 4) is 11.5 Å². The van der Waals surface area contributed by atoms with Gasteiger partial charge in [0.05, 0.1) is 24.3 Å². The van der Waals surface area contributed by atoms with Gasteiger partial charge in [0.1, 0.15) is 0 Å². The van der Waals surface area contributed by atoms with Crippen molar-refractivity contribution in [1.29, 1.82) is 0 Å². The molecule has 0 saturated heterocycles. The SMILES string of the molecule is CCCCOc1c(Cl)cc(C(=O)NC2(CN)CCCC2)cc1OC.Cl. The minimum absolute atomic E-state index is 0. The molecular weight excluding hydrogens is 363 g/mol. The number of hydrogen-bond acceptors (Lipinski definition) is 4. The Bertz CT molecular complexity index is 576. The number of nitrogens with two attached hydrogens (primary N) is 1. The van der Waals surface area contributed by atoms with Crippen molar-refractivity contribution < 1.29 is 14.3 Å². The molecule has 3 N–H and O–H groups in total.